The lowest BCUT2D eigenvalue weighted by Gasteiger charge is -2.11. The van der Waals surface area contributed by atoms with E-state index in [0.29, 0.717) is 6.54 Å². The first-order valence-electron chi connectivity index (χ1n) is 3.62. The molecule has 4 heteroatoms. The van der Waals surface area contributed by atoms with E-state index in [1.54, 1.807) is 6.20 Å². The molecule has 1 heterocycles. The number of imidazole rings is 1. The SMILES string of the molecule is CC(CO)n1ccnc1CN. The maximum absolute atomic E-state index is 8.84. The van der Waals surface area contributed by atoms with E-state index < -0.39 is 0 Å². The number of aliphatic hydroxyl groups excluding tert-OH is 1. The second-order valence-corrected chi connectivity index (χ2v) is 2.49. The summed E-state index contributed by atoms with van der Waals surface area (Å²) in [5.74, 6) is 0.812. The molecular weight excluding hydrogens is 142 g/mol. The first-order chi connectivity index (χ1) is 5.29. The lowest BCUT2D eigenvalue weighted by atomic mass is 10.3. The Morgan fingerprint density at radius 2 is 2.55 bits per heavy atom. The summed E-state index contributed by atoms with van der Waals surface area (Å²) >= 11 is 0. The highest BCUT2D eigenvalue weighted by atomic mass is 16.3. The van der Waals surface area contributed by atoms with E-state index in [-0.39, 0.29) is 12.6 Å². The maximum atomic E-state index is 8.84. The van der Waals surface area contributed by atoms with Gasteiger partial charge in [-0.15, -0.1) is 0 Å². The Labute approximate surface area is 65.7 Å². The predicted molar refractivity (Wildman–Crippen MR) is 41.9 cm³/mol. The van der Waals surface area contributed by atoms with Gasteiger partial charge < -0.3 is 15.4 Å². The van der Waals surface area contributed by atoms with Gasteiger partial charge in [0.2, 0.25) is 0 Å². The van der Waals surface area contributed by atoms with Crippen molar-refractivity contribution in [2.24, 2.45) is 5.73 Å². The van der Waals surface area contributed by atoms with Gasteiger partial charge in [-0.05, 0) is 6.92 Å². The lowest BCUT2D eigenvalue weighted by Crippen LogP contribution is -2.14. The standard InChI is InChI=1S/C7H13N3O/c1-6(5-11)10-3-2-9-7(10)4-8/h2-3,6,11H,4-5,8H2,1H3. The van der Waals surface area contributed by atoms with Gasteiger partial charge in [-0.3, -0.25) is 0 Å². The Hall–Kier alpha value is -0.870. The molecular formula is C7H13N3O. The van der Waals surface area contributed by atoms with Crippen LogP contribution in [0.3, 0.4) is 0 Å². The van der Waals surface area contributed by atoms with Crippen LogP contribution in [0.2, 0.25) is 0 Å². The highest BCUT2D eigenvalue weighted by Gasteiger charge is 2.05. The topological polar surface area (TPSA) is 64.1 Å². The van der Waals surface area contributed by atoms with E-state index in [1.807, 2.05) is 17.7 Å². The minimum absolute atomic E-state index is 0.0658. The number of aromatic nitrogens is 2. The summed E-state index contributed by atoms with van der Waals surface area (Å²) in [6.07, 6.45) is 3.51. The second kappa shape index (κ2) is 3.50. The van der Waals surface area contributed by atoms with E-state index in [9.17, 15) is 0 Å². The maximum Gasteiger partial charge on any atom is 0.122 e. The fourth-order valence-corrected chi connectivity index (χ4v) is 0.991. The van der Waals surface area contributed by atoms with E-state index in [0.717, 1.165) is 5.82 Å². The minimum Gasteiger partial charge on any atom is -0.394 e. The summed E-state index contributed by atoms with van der Waals surface area (Å²) in [5, 5.41) is 8.84. The third-order valence-corrected chi connectivity index (χ3v) is 1.67. The van der Waals surface area contributed by atoms with Crippen LogP contribution < -0.4 is 5.73 Å². The fraction of sp³-hybridized carbons (Fsp3) is 0.571. The molecule has 0 aromatic carbocycles. The smallest absolute Gasteiger partial charge is 0.122 e. The van der Waals surface area contributed by atoms with E-state index in [2.05, 4.69) is 4.98 Å². The summed E-state index contributed by atoms with van der Waals surface area (Å²) in [6.45, 7) is 2.45. The van der Waals surface area contributed by atoms with Gasteiger partial charge in [-0.2, -0.15) is 0 Å². The molecule has 0 aliphatic heterocycles. The molecule has 1 aromatic heterocycles. The number of hydrogen-bond acceptors (Lipinski definition) is 3. The molecule has 1 aromatic rings. The monoisotopic (exact) mass is 155 g/mol. The quantitative estimate of drug-likeness (QED) is 0.640. The number of nitrogens with two attached hydrogens (primary N) is 1. The molecule has 0 saturated heterocycles. The number of aliphatic hydroxyl groups is 1. The van der Waals surface area contributed by atoms with Crippen molar-refractivity contribution >= 4 is 0 Å². The van der Waals surface area contributed by atoms with Crippen molar-refractivity contribution in [1.82, 2.24) is 9.55 Å². The van der Waals surface area contributed by atoms with Gasteiger partial charge in [0.25, 0.3) is 0 Å². The third-order valence-electron chi connectivity index (χ3n) is 1.67. The molecule has 4 nitrogen and oxygen atoms in total. The predicted octanol–water partition coefficient (Wildman–Crippen LogP) is -0.105. The molecule has 0 saturated carbocycles. The number of nitrogens with zero attached hydrogens (tertiary/aromatic N) is 2. The zero-order valence-electron chi connectivity index (χ0n) is 6.57. The van der Waals surface area contributed by atoms with Crippen LogP contribution in [0, 0.1) is 0 Å². The van der Waals surface area contributed by atoms with Crippen LogP contribution >= 0.6 is 0 Å². The van der Waals surface area contributed by atoms with Crippen LogP contribution in [-0.2, 0) is 6.54 Å². The van der Waals surface area contributed by atoms with Crippen molar-refractivity contribution in [3.63, 3.8) is 0 Å². The molecule has 1 atom stereocenters. The molecule has 0 amide bonds. The van der Waals surface area contributed by atoms with Crippen LogP contribution in [0.1, 0.15) is 18.8 Å². The average molecular weight is 155 g/mol. The van der Waals surface area contributed by atoms with E-state index in [1.165, 1.54) is 0 Å². The molecule has 1 rings (SSSR count). The van der Waals surface area contributed by atoms with Crippen LogP contribution in [0.15, 0.2) is 12.4 Å². The minimum atomic E-state index is 0.0658. The Kier molecular flexibility index (Phi) is 2.62. The largest absolute Gasteiger partial charge is 0.394 e. The highest BCUT2D eigenvalue weighted by molar-refractivity contribution is 4.93. The molecule has 1 unspecified atom stereocenters. The molecule has 0 spiro atoms. The van der Waals surface area contributed by atoms with Crippen LogP contribution in [0.4, 0.5) is 0 Å². The lowest BCUT2D eigenvalue weighted by molar-refractivity contribution is 0.236. The van der Waals surface area contributed by atoms with Gasteiger partial charge in [0.05, 0.1) is 19.2 Å². The van der Waals surface area contributed by atoms with E-state index in [4.69, 9.17) is 10.8 Å². The van der Waals surface area contributed by atoms with Crippen molar-refractivity contribution < 1.29 is 5.11 Å². The zero-order chi connectivity index (χ0) is 8.27. The summed E-state index contributed by atoms with van der Waals surface area (Å²) < 4.78 is 1.88. The summed E-state index contributed by atoms with van der Waals surface area (Å²) in [6, 6.07) is 0.0658. The number of rotatable bonds is 3. The molecule has 0 radical (unpaired) electrons. The molecule has 0 fully saturated rings. The Bertz CT molecular complexity index is 221. The first kappa shape index (κ1) is 8.23. The van der Waals surface area contributed by atoms with Crippen molar-refractivity contribution in [3.8, 4) is 0 Å². The normalized spacial score (nSPS) is 13.4. The Balaban J connectivity index is 2.83. The van der Waals surface area contributed by atoms with Gasteiger partial charge in [-0.25, -0.2) is 4.98 Å². The third kappa shape index (κ3) is 1.58. The van der Waals surface area contributed by atoms with Gasteiger partial charge in [0, 0.05) is 12.4 Å². The summed E-state index contributed by atoms with van der Waals surface area (Å²) in [4.78, 5) is 4.03. The van der Waals surface area contributed by atoms with Gasteiger partial charge in [-0.1, -0.05) is 0 Å². The van der Waals surface area contributed by atoms with Gasteiger partial charge in [0.1, 0.15) is 5.82 Å². The van der Waals surface area contributed by atoms with E-state index >= 15 is 0 Å². The molecule has 0 aliphatic rings. The van der Waals surface area contributed by atoms with Gasteiger partial charge >= 0.3 is 0 Å². The van der Waals surface area contributed by atoms with Crippen LogP contribution in [0.5, 0.6) is 0 Å². The van der Waals surface area contributed by atoms with Crippen LogP contribution in [0.25, 0.3) is 0 Å². The first-order valence-corrected chi connectivity index (χ1v) is 3.62. The molecule has 62 valence electrons. The van der Waals surface area contributed by atoms with Crippen molar-refractivity contribution in [3.05, 3.63) is 18.2 Å². The highest BCUT2D eigenvalue weighted by Crippen LogP contribution is 2.06. The zero-order valence-corrected chi connectivity index (χ0v) is 6.57. The number of hydrogen-bond donors (Lipinski definition) is 2. The van der Waals surface area contributed by atoms with Crippen molar-refractivity contribution in [2.75, 3.05) is 6.61 Å². The fourth-order valence-electron chi connectivity index (χ4n) is 0.991. The molecule has 11 heavy (non-hydrogen) atoms. The second-order valence-electron chi connectivity index (χ2n) is 2.49. The molecule has 0 bridgehead atoms. The molecule has 0 aliphatic carbocycles. The van der Waals surface area contributed by atoms with Gasteiger partial charge in [0.15, 0.2) is 0 Å². The summed E-state index contributed by atoms with van der Waals surface area (Å²) in [7, 11) is 0. The Morgan fingerprint density at radius 3 is 3.09 bits per heavy atom. The molecule has 3 N–H and O–H groups in total. The average Bonchev–Trinajstić information content (AvgIpc) is 2.50. The van der Waals surface area contributed by atoms with Crippen molar-refractivity contribution in [1.29, 1.82) is 0 Å². The summed E-state index contributed by atoms with van der Waals surface area (Å²) in [5.41, 5.74) is 5.42. The Morgan fingerprint density at radius 1 is 1.82 bits per heavy atom. The van der Waals surface area contributed by atoms with Crippen molar-refractivity contribution in [2.45, 2.75) is 19.5 Å². The van der Waals surface area contributed by atoms with Crippen LogP contribution in [-0.4, -0.2) is 21.3 Å².